The monoisotopic (exact) mass is 223 g/mol. The molecule has 0 radical (unpaired) electrons. The first-order valence-corrected chi connectivity index (χ1v) is 6.51. The molecule has 0 aromatic rings. The minimum absolute atomic E-state index is 0.0534. The molecule has 1 aliphatic heterocycles. The van der Waals surface area contributed by atoms with E-state index in [0.717, 1.165) is 38.6 Å². The van der Waals surface area contributed by atoms with Gasteiger partial charge in [0.05, 0.1) is 12.0 Å². The summed E-state index contributed by atoms with van der Waals surface area (Å²) in [5.41, 5.74) is 0. The van der Waals surface area contributed by atoms with Crippen LogP contribution in [-0.2, 0) is 9.59 Å². The summed E-state index contributed by atoms with van der Waals surface area (Å²) in [4.78, 5) is 25.4. The van der Waals surface area contributed by atoms with Crippen molar-refractivity contribution in [2.75, 3.05) is 13.1 Å². The van der Waals surface area contributed by atoms with Crippen molar-refractivity contribution >= 4 is 12.1 Å². The van der Waals surface area contributed by atoms with Crippen molar-refractivity contribution in [3.8, 4) is 0 Å². The van der Waals surface area contributed by atoms with Gasteiger partial charge in [-0.3, -0.25) is 9.69 Å². The van der Waals surface area contributed by atoms with Gasteiger partial charge in [0.15, 0.2) is 5.78 Å². The van der Waals surface area contributed by atoms with E-state index in [1.165, 1.54) is 12.8 Å². The summed E-state index contributed by atoms with van der Waals surface area (Å²) in [7, 11) is 0. The van der Waals surface area contributed by atoms with E-state index in [9.17, 15) is 9.59 Å². The number of Topliss-reactive ketones (excluding diaryl/α,β-unsaturated/α-hetero) is 1. The van der Waals surface area contributed by atoms with E-state index in [1.807, 2.05) is 0 Å². The Morgan fingerprint density at radius 3 is 2.88 bits per heavy atom. The van der Waals surface area contributed by atoms with Crippen molar-refractivity contribution in [2.24, 2.45) is 11.8 Å². The van der Waals surface area contributed by atoms with Crippen LogP contribution < -0.4 is 0 Å². The maximum atomic E-state index is 12.2. The highest BCUT2D eigenvalue weighted by Crippen LogP contribution is 2.35. The highest BCUT2D eigenvalue weighted by Gasteiger charge is 2.42. The number of carbonyl (C=O) groups is 2. The molecule has 0 spiro atoms. The Balaban J connectivity index is 2.13. The molecule has 0 N–H and O–H groups in total. The second kappa shape index (κ2) is 5.09. The van der Waals surface area contributed by atoms with Crippen LogP contribution in [0.5, 0.6) is 0 Å². The van der Waals surface area contributed by atoms with Crippen LogP contribution in [0.4, 0.5) is 0 Å². The van der Waals surface area contributed by atoms with Crippen LogP contribution in [0, 0.1) is 11.8 Å². The predicted molar refractivity (Wildman–Crippen MR) is 62.2 cm³/mol. The van der Waals surface area contributed by atoms with Crippen LogP contribution >= 0.6 is 0 Å². The largest absolute Gasteiger partial charge is 0.303 e. The highest BCUT2D eigenvalue weighted by atomic mass is 16.1. The topological polar surface area (TPSA) is 37.4 Å². The molecule has 0 aromatic carbocycles. The van der Waals surface area contributed by atoms with Gasteiger partial charge in [0.2, 0.25) is 0 Å². The third kappa shape index (κ3) is 2.05. The molecule has 3 atom stereocenters. The number of fused-ring (bicyclic) bond motifs is 1. The van der Waals surface area contributed by atoms with E-state index < -0.39 is 0 Å². The standard InChI is InChI=1S/C13H21NO2/c1-2-7-14-8-3-4-10-5-6-11(9-15)13(16)12(10)14/h9-12H,2-8H2,1H3/t10-,11?,12?/m1/s1. The van der Waals surface area contributed by atoms with Crippen LogP contribution in [0.1, 0.15) is 39.0 Å². The number of hydrogen-bond acceptors (Lipinski definition) is 3. The summed E-state index contributed by atoms with van der Waals surface area (Å²) in [6, 6.07) is 0.0534. The van der Waals surface area contributed by atoms with Crippen molar-refractivity contribution in [1.29, 1.82) is 0 Å². The Kier molecular flexibility index (Phi) is 3.74. The first kappa shape index (κ1) is 11.8. The van der Waals surface area contributed by atoms with Crippen molar-refractivity contribution in [2.45, 2.75) is 45.1 Å². The zero-order valence-electron chi connectivity index (χ0n) is 10.0. The number of hydrogen-bond donors (Lipinski definition) is 0. The highest BCUT2D eigenvalue weighted by molar-refractivity contribution is 5.97. The first-order chi connectivity index (χ1) is 7.77. The fraction of sp³-hybridized carbons (Fsp3) is 0.846. The molecule has 0 amide bonds. The Morgan fingerprint density at radius 2 is 2.19 bits per heavy atom. The lowest BCUT2D eigenvalue weighted by atomic mass is 9.73. The van der Waals surface area contributed by atoms with Crippen LogP contribution in [-0.4, -0.2) is 36.1 Å². The van der Waals surface area contributed by atoms with Gasteiger partial charge in [0, 0.05) is 0 Å². The maximum Gasteiger partial charge on any atom is 0.160 e. The first-order valence-electron chi connectivity index (χ1n) is 6.51. The number of ketones is 1. The van der Waals surface area contributed by atoms with E-state index in [-0.39, 0.29) is 17.7 Å². The van der Waals surface area contributed by atoms with Crippen LogP contribution in [0.3, 0.4) is 0 Å². The van der Waals surface area contributed by atoms with Crippen LogP contribution in [0.25, 0.3) is 0 Å². The third-order valence-corrected chi connectivity index (χ3v) is 4.04. The number of nitrogens with zero attached hydrogens (tertiary/aromatic N) is 1. The molecule has 16 heavy (non-hydrogen) atoms. The van der Waals surface area contributed by atoms with Gasteiger partial charge in [0.25, 0.3) is 0 Å². The molecule has 1 aliphatic carbocycles. The molecule has 2 aliphatic rings. The summed E-state index contributed by atoms with van der Waals surface area (Å²) in [5.74, 6) is 0.391. The van der Waals surface area contributed by atoms with Gasteiger partial charge >= 0.3 is 0 Å². The Bertz CT molecular complexity index is 275. The maximum absolute atomic E-state index is 12.2. The lowest BCUT2D eigenvalue weighted by molar-refractivity contribution is -0.138. The lowest BCUT2D eigenvalue weighted by Gasteiger charge is -2.44. The minimum Gasteiger partial charge on any atom is -0.303 e. The zero-order chi connectivity index (χ0) is 11.5. The van der Waals surface area contributed by atoms with Crippen LogP contribution in [0.15, 0.2) is 0 Å². The summed E-state index contributed by atoms with van der Waals surface area (Å²) in [6.07, 6.45) is 6.16. The molecule has 1 heterocycles. The quantitative estimate of drug-likeness (QED) is 0.539. The zero-order valence-corrected chi connectivity index (χ0v) is 10.0. The van der Waals surface area contributed by atoms with Gasteiger partial charge in [-0.1, -0.05) is 6.92 Å². The van der Waals surface area contributed by atoms with Gasteiger partial charge in [0.1, 0.15) is 6.29 Å². The van der Waals surface area contributed by atoms with Crippen molar-refractivity contribution in [1.82, 2.24) is 4.90 Å². The number of aldehydes is 1. The van der Waals surface area contributed by atoms with E-state index in [2.05, 4.69) is 11.8 Å². The average molecular weight is 223 g/mol. The SMILES string of the molecule is CCCN1CCC[C@@H]2CCC(C=O)C(=O)C21. The Hall–Kier alpha value is -0.700. The molecule has 3 heteroatoms. The Labute approximate surface area is 97.2 Å². The molecule has 2 unspecified atom stereocenters. The predicted octanol–water partition coefficient (Wildman–Crippen LogP) is 1.66. The molecule has 1 saturated heterocycles. The van der Waals surface area contributed by atoms with Gasteiger partial charge in [-0.05, 0) is 51.1 Å². The smallest absolute Gasteiger partial charge is 0.160 e. The molecule has 3 nitrogen and oxygen atoms in total. The molecular weight excluding hydrogens is 202 g/mol. The van der Waals surface area contributed by atoms with Crippen LogP contribution in [0.2, 0.25) is 0 Å². The number of likely N-dealkylation sites (tertiary alicyclic amines) is 1. The normalized spacial score (nSPS) is 35.8. The second-order valence-electron chi connectivity index (χ2n) is 5.11. The molecule has 1 saturated carbocycles. The van der Waals surface area contributed by atoms with Gasteiger partial charge < -0.3 is 4.79 Å². The number of piperidine rings is 1. The summed E-state index contributed by atoms with van der Waals surface area (Å²) in [5, 5.41) is 0. The fourth-order valence-electron chi connectivity index (χ4n) is 3.29. The Morgan fingerprint density at radius 1 is 1.38 bits per heavy atom. The van der Waals surface area contributed by atoms with Gasteiger partial charge in [-0.15, -0.1) is 0 Å². The van der Waals surface area contributed by atoms with Gasteiger partial charge in [-0.2, -0.15) is 0 Å². The molecule has 0 bridgehead atoms. The summed E-state index contributed by atoms with van der Waals surface area (Å²) < 4.78 is 0. The van der Waals surface area contributed by atoms with E-state index in [4.69, 9.17) is 0 Å². The molecule has 2 rings (SSSR count). The molecule has 2 fully saturated rings. The van der Waals surface area contributed by atoms with E-state index in [1.54, 1.807) is 0 Å². The summed E-state index contributed by atoms with van der Waals surface area (Å²) in [6.45, 7) is 4.18. The minimum atomic E-state index is -0.321. The van der Waals surface area contributed by atoms with Crippen molar-refractivity contribution in [3.63, 3.8) is 0 Å². The van der Waals surface area contributed by atoms with Gasteiger partial charge in [-0.25, -0.2) is 0 Å². The summed E-state index contributed by atoms with van der Waals surface area (Å²) >= 11 is 0. The van der Waals surface area contributed by atoms with E-state index >= 15 is 0 Å². The van der Waals surface area contributed by atoms with Crippen molar-refractivity contribution in [3.05, 3.63) is 0 Å². The van der Waals surface area contributed by atoms with Crippen molar-refractivity contribution < 1.29 is 9.59 Å². The number of carbonyl (C=O) groups excluding carboxylic acids is 2. The van der Waals surface area contributed by atoms with E-state index in [0.29, 0.717) is 5.92 Å². The molecular formula is C13H21NO2. The third-order valence-electron chi connectivity index (χ3n) is 4.04. The fourth-order valence-corrected chi connectivity index (χ4v) is 3.29. The average Bonchev–Trinajstić information content (AvgIpc) is 2.30. The number of rotatable bonds is 3. The molecule has 90 valence electrons. The second-order valence-corrected chi connectivity index (χ2v) is 5.11. The molecule has 0 aromatic heterocycles. The lowest BCUT2D eigenvalue weighted by Crippen LogP contribution is -2.54.